The number of nitrogens with zero attached hydrogens (tertiary/aromatic N) is 1. The summed E-state index contributed by atoms with van der Waals surface area (Å²) in [7, 11) is -2.83. The van der Waals surface area contributed by atoms with Crippen molar-refractivity contribution in [2.45, 2.75) is 39.7 Å². The molecular weight excluding hydrogens is 236 g/mol. The molecule has 0 saturated heterocycles. The molecule has 0 rings (SSSR count). The van der Waals surface area contributed by atoms with Crippen LogP contribution < -0.4 is 5.32 Å². The molecule has 0 heterocycles. The zero-order chi connectivity index (χ0) is 13.3. The van der Waals surface area contributed by atoms with Crippen LogP contribution in [0.2, 0.25) is 0 Å². The van der Waals surface area contributed by atoms with Crippen molar-refractivity contribution in [2.75, 3.05) is 38.2 Å². The molecule has 5 heteroatoms. The third kappa shape index (κ3) is 10.7. The van der Waals surface area contributed by atoms with E-state index in [0.29, 0.717) is 12.6 Å². The summed E-state index contributed by atoms with van der Waals surface area (Å²) in [6.45, 7) is 10.4. The van der Waals surface area contributed by atoms with Gasteiger partial charge in [0.25, 0.3) is 0 Å². The van der Waals surface area contributed by atoms with Gasteiger partial charge in [0.05, 0.1) is 5.75 Å². The summed E-state index contributed by atoms with van der Waals surface area (Å²) in [5.74, 6) is 0.230. The first-order valence-electron chi connectivity index (χ1n) is 6.52. The van der Waals surface area contributed by atoms with Crippen LogP contribution in [0.25, 0.3) is 0 Å². The number of rotatable bonds is 10. The molecule has 0 amide bonds. The molecule has 0 aliphatic carbocycles. The standard InChI is InChI=1S/C12H28N2O2S/c1-5-14(6-2)10-7-8-12(3)13-9-11-17(4,15)16/h12-13H,5-11H2,1-4H3. The zero-order valence-corrected chi connectivity index (χ0v) is 12.5. The first-order chi connectivity index (χ1) is 7.89. The molecule has 0 aliphatic rings. The van der Waals surface area contributed by atoms with Gasteiger partial charge in [-0.05, 0) is 39.4 Å². The van der Waals surface area contributed by atoms with Crippen molar-refractivity contribution in [1.29, 1.82) is 0 Å². The minimum Gasteiger partial charge on any atom is -0.313 e. The number of sulfone groups is 1. The fourth-order valence-electron chi connectivity index (χ4n) is 1.75. The summed E-state index contributed by atoms with van der Waals surface area (Å²) >= 11 is 0. The first-order valence-corrected chi connectivity index (χ1v) is 8.58. The maximum absolute atomic E-state index is 10.9. The summed E-state index contributed by atoms with van der Waals surface area (Å²) in [6.07, 6.45) is 3.54. The molecule has 0 aliphatic heterocycles. The predicted molar refractivity (Wildman–Crippen MR) is 74.2 cm³/mol. The fraction of sp³-hybridized carbons (Fsp3) is 1.00. The minimum absolute atomic E-state index is 0.230. The zero-order valence-electron chi connectivity index (χ0n) is 11.7. The van der Waals surface area contributed by atoms with E-state index in [1.165, 1.54) is 6.26 Å². The van der Waals surface area contributed by atoms with E-state index in [1.807, 2.05) is 0 Å². The fourth-order valence-corrected chi connectivity index (χ4v) is 2.24. The van der Waals surface area contributed by atoms with E-state index >= 15 is 0 Å². The number of hydrogen-bond acceptors (Lipinski definition) is 4. The monoisotopic (exact) mass is 264 g/mol. The smallest absolute Gasteiger partial charge is 0.148 e. The van der Waals surface area contributed by atoms with Crippen molar-refractivity contribution in [1.82, 2.24) is 10.2 Å². The molecule has 0 fully saturated rings. The lowest BCUT2D eigenvalue weighted by Gasteiger charge is -2.19. The quantitative estimate of drug-likeness (QED) is 0.643. The second-order valence-electron chi connectivity index (χ2n) is 4.65. The van der Waals surface area contributed by atoms with Gasteiger partial charge < -0.3 is 10.2 Å². The topological polar surface area (TPSA) is 49.4 Å². The molecule has 17 heavy (non-hydrogen) atoms. The van der Waals surface area contributed by atoms with Crippen molar-refractivity contribution < 1.29 is 8.42 Å². The lowest BCUT2D eigenvalue weighted by atomic mass is 10.2. The summed E-state index contributed by atoms with van der Waals surface area (Å²) in [6, 6.07) is 0.396. The van der Waals surface area contributed by atoms with E-state index in [0.717, 1.165) is 32.5 Å². The summed E-state index contributed by atoms with van der Waals surface area (Å²) in [4.78, 5) is 2.41. The van der Waals surface area contributed by atoms with Crippen LogP contribution in [0.15, 0.2) is 0 Å². The minimum atomic E-state index is -2.83. The Morgan fingerprint density at radius 3 is 2.29 bits per heavy atom. The van der Waals surface area contributed by atoms with E-state index in [-0.39, 0.29) is 5.75 Å². The third-order valence-corrected chi connectivity index (χ3v) is 3.92. The van der Waals surface area contributed by atoms with Crippen LogP contribution in [0.1, 0.15) is 33.6 Å². The molecule has 104 valence electrons. The average Bonchev–Trinajstić information content (AvgIpc) is 2.22. The van der Waals surface area contributed by atoms with Gasteiger partial charge >= 0.3 is 0 Å². The molecule has 0 aromatic carbocycles. The highest BCUT2D eigenvalue weighted by atomic mass is 32.2. The largest absolute Gasteiger partial charge is 0.313 e. The van der Waals surface area contributed by atoms with Gasteiger partial charge in [-0.25, -0.2) is 8.42 Å². The molecule has 1 N–H and O–H groups in total. The maximum Gasteiger partial charge on any atom is 0.148 e. The molecule has 0 saturated carbocycles. The lowest BCUT2D eigenvalue weighted by Crippen LogP contribution is -2.32. The lowest BCUT2D eigenvalue weighted by molar-refractivity contribution is 0.291. The molecule has 1 unspecified atom stereocenters. The molecule has 0 bridgehead atoms. The second-order valence-corrected chi connectivity index (χ2v) is 6.91. The molecular formula is C12H28N2O2S. The van der Waals surface area contributed by atoms with E-state index in [4.69, 9.17) is 0 Å². The Morgan fingerprint density at radius 1 is 1.24 bits per heavy atom. The predicted octanol–water partition coefficient (Wildman–Crippen LogP) is 1.13. The highest BCUT2D eigenvalue weighted by Gasteiger charge is 2.06. The SMILES string of the molecule is CCN(CC)CCCC(C)NCCS(C)(=O)=O. The van der Waals surface area contributed by atoms with Crippen LogP contribution in [-0.4, -0.2) is 57.5 Å². The highest BCUT2D eigenvalue weighted by molar-refractivity contribution is 7.90. The van der Waals surface area contributed by atoms with Gasteiger partial charge in [0.1, 0.15) is 9.84 Å². The van der Waals surface area contributed by atoms with E-state index in [9.17, 15) is 8.42 Å². The van der Waals surface area contributed by atoms with E-state index in [1.54, 1.807) is 0 Å². The molecule has 0 aromatic heterocycles. The van der Waals surface area contributed by atoms with Crippen LogP contribution in [0.4, 0.5) is 0 Å². The normalized spacial score (nSPS) is 14.2. The van der Waals surface area contributed by atoms with Crippen molar-refractivity contribution in [3.05, 3.63) is 0 Å². The molecule has 0 aromatic rings. The Bertz CT molecular complexity index is 274. The van der Waals surface area contributed by atoms with Crippen molar-refractivity contribution >= 4 is 9.84 Å². The van der Waals surface area contributed by atoms with Gasteiger partial charge in [-0.1, -0.05) is 13.8 Å². The summed E-state index contributed by atoms with van der Waals surface area (Å²) < 4.78 is 21.9. The Labute approximate surface area is 107 Å². The second kappa shape index (κ2) is 8.89. The van der Waals surface area contributed by atoms with Crippen LogP contribution in [0.3, 0.4) is 0 Å². The van der Waals surface area contributed by atoms with Crippen LogP contribution in [-0.2, 0) is 9.84 Å². The summed E-state index contributed by atoms with van der Waals surface area (Å²) in [5, 5.41) is 3.25. The van der Waals surface area contributed by atoms with Crippen molar-refractivity contribution in [3.63, 3.8) is 0 Å². The van der Waals surface area contributed by atoms with Crippen LogP contribution in [0.5, 0.6) is 0 Å². The molecule has 1 atom stereocenters. The number of nitrogens with one attached hydrogen (secondary N) is 1. The Kier molecular flexibility index (Phi) is 8.82. The van der Waals surface area contributed by atoms with Crippen LogP contribution in [0, 0.1) is 0 Å². The van der Waals surface area contributed by atoms with Gasteiger partial charge in [-0.15, -0.1) is 0 Å². The summed E-state index contributed by atoms with van der Waals surface area (Å²) in [5.41, 5.74) is 0. The highest BCUT2D eigenvalue weighted by Crippen LogP contribution is 1.99. The molecule has 4 nitrogen and oxygen atoms in total. The van der Waals surface area contributed by atoms with Crippen molar-refractivity contribution in [3.8, 4) is 0 Å². The van der Waals surface area contributed by atoms with E-state index < -0.39 is 9.84 Å². The Hall–Kier alpha value is -0.130. The van der Waals surface area contributed by atoms with E-state index in [2.05, 4.69) is 31.0 Å². The van der Waals surface area contributed by atoms with Gasteiger partial charge in [-0.3, -0.25) is 0 Å². The maximum atomic E-state index is 10.9. The average molecular weight is 264 g/mol. The van der Waals surface area contributed by atoms with Gasteiger partial charge in [0.15, 0.2) is 0 Å². The number of hydrogen-bond donors (Lipinski definition) is 1. The molecule has 0 radical (unpaired) electrons. The van der Waals surface area contributed by atoms with Gasteiger partial charge in [-0.2, -0.15) is 0 Å². The van der Waals surface area contributed by atoms with Gasteiger partial charge in [0.2, 0.25) is 0 Å². The van der Waals surface area contributed by atoms with Crippen LogP contribution >= 0.6 is 0 Å². The van der Waals surface area contributed by atoms with Crippen molar-refractivity contribution in [2.24, 2.45) is 0 Å². The third-order valence-electron chi connectivity index (χ3n) is 2.97. The first kappa shape index (κ1) is 16.9. The van der Waals surface area contributed by atoms with Gasteiger partial charge in [0, 0.05) is 18.8 Å². The Morgan fingerprint density at radius 2 is 1.82 bits per heavy atom. The Balaban J connectivity index is 3.56. The molecule has 0 spiro atoms.